The predicted octanol–water partition coefficient (Wildman–Crippen LogP) is 3.22. The molecule has 0 aromatic carbocycles. The molecule has 0 radical (unpaired) electrons. The van der Waals surface area contributed by atoms with Gasteiger partial charge >= 0.3 is 0 Å². The van der Waals surface area contributed by atoms with Crippen LogP contribution in [0.5, 0.6) is 0 Å². The molecular formula is C11H15BrN2. The van der Waals surface area contributed by atoms with Crippen molar-refractivity contribution in [2.45, 2.75) is 32.2 Å². The molecule has 0 saturated carbocycles. The second-order valence-corrected chi connectivity index (χ2v) is 4.56. The summed E-state index contributed by atoms with van der Waals surface area (Å²) in [6, 6.07) is 4.71. The molecule has 3 heteroatoms. The van der Waals surface area contributed by atoms with Crippen LogP contribution in [0.4, 0.5) is 5.82 Å². The Morgan fingerprint density at radius 2 is 2.50 bits per heavy atom. The molecule has 2 nitrogen and oxygen atoms in total. The summed E-state index contributed by atoms with van der Waals surface area (Å²) in [5.74, 6) is 1.11. The van der Waals surface area contributed by atoms with Gasteiger partial charge in [-0.2, -0.15) is 0 Å². The third kappa shape index (κ3) is 1.78. The summed E-state index contributed by atoms with van der Waals surface area (Å²) < 4.78 is 1.11. The molecule has 0 N–H and O–H groups in total. The highest BCUT2D eigenvalue weighted by Gasteiger charge is 2.24. The van der Waals surface area contributed by atoms with Gasteiger partial charge in [0.25, 0.3) is 0 Å². The van der Waals surface area contributed by atoms with Crippen LogP contribution in [0.1, 0.15) is 26.2 Å². The van der Waals surface area contributed by atoms with Crippen molar-refractivity contribution in [3.8, 4) is 0 Å². The van der Waals surface area contributed by atoms with Crippen molar-refractivity contribution in [2.24, 2.45) is 0 Å². The van der Waals surface area contributed by atoms with Gasteiger partial charge in [0.2, 0.25) is 0 Å². The molecule has 14 heavy (non-hydrogen) atoms. The highest BCUT2D eigenvalue weighted by atomic mass is 79.9. The molecule has 0 amide bonds. The molecule has 1 atom stereocenters. The Hall–Kier alpha value is -0.570. The zero-order valence-corrected chi connectivity index (χ0v) is 10.00. The zero-order chi connectivity index (χ0) is 9.97. The molecule has 1 saturated heterocycles. The topological polar surface area (TPSA) is 16.1 Å². The van der Waals surface area contributed by atoms with Gasteiger partial charge in [-0.1, -0.05) is 6.92 Å². The minimum Gasteiger partial charge on any atom is -0.353 e. The van der Waals surface area contributed by atoms with E-state index in [1.54, 1.807) is 0 Å². The van der Waals surface area contributed by atoms with Crippen LogP contribution in [0.2, 0.25) is 0 Å². The second-order valence-electron chi connectivity index (χ2n) is 3.71. The van der Waals surface area contributed by atoms with E-state index in [1.807, 2.05) is 12.3 Å². The maximum Gasteiger partial charge on any atom is 0.143 e. The average molecular weight is 255 g/mol. The van der Waals surface area contributed by atoms with E-state index in [4.69, 9.17) is 0 Å². The van der Waals surface area contributed by atoms with Gasteiger partial charge in [0.1, 0.15) is 5.82 Å². The fourth-order valence-electron chi connectivity index (χ4n) is 2.13. The van der Waals surface area contributed by atoms with E-state index < -0.39 is 0 Å². The van der Waals surface area contributed by atoms with Crippen molar-refractivity contribution in [1.29, 1.82) is 0 Å². The van der Waals surface area contributed by atoms with Crippen LogP contribution in [-0.2, 0) is 0 Å². The molecule has 0 bridgehead atoms. The summed E-state index contributed by atoms with van der Waals surface area (Å²) in [6.45, 7) is 3.40. The lowest BCUT2D eigenvalue weighted by molar-refractivity contribution is 0.640. The van der Waals surface area contributed by atoms with E-state index in [2.05, 4.69) is 38.8 Å². The van der Waals surface area contributed by atoms with Gasteiger partial charge in [-0.15, -0.1) is 0 Å². The van der Waals surface area contributed by atoms with Gasteiger partial charge in [-0.25, -0.2) is 4.98 Å². The highest BCUT2D eigenvalue weighted by Crippen LogP contribution is 2.30. The Labute approximate surface area is 93.5 Å². The average Bonchev–Trinajstić information content (AvgIpc) is 2.66. The van der Waals surface area contributed by atoms with E-state index in [0.29, 0.717) is 6.04 Å². The first-order valence-electron chi connectivity index (χ1n) is 5.20. The van der Waals surface area contributed by atoms with Gasteiger partial charge in [-0.05, 0) is 47.3 Å². The molecule has 2 rings (SSSR count). The molecule has 1 fully saturated rings. The summed E-state index contributed by atoms with van der Waals surface area (Å²) in [6.07, 6.45) is 5.68. The molecule has 2 heterocycles. The van der Waals surface area contributed by atoms with Crippen molar-refractivity contribution >= 4 is 21.7 Å². The van der Waals surface area contributed by atoms with Gasteiger partial charge < -0.3 is 4.90 Å². The fourth-order valence-corrected chi connectivity index (χ4v) is 2.61. The standard InChI is InChI=1S/C11H15BrN2/c1-2-9-5-4-8-14(9)11-10(12)6-3-7-13-11/h3,6-7,9H,2,4-5,8H2,1H3. The highest BCUT2D eigenvalue weighted by molar-refractivity contribution is 9.10. The summed E-state index contributed by atoms with van der Waals surface area (Å²) in [5.41, 5.74) is 0. The summed E-state index contributed by atoms with van der Waals surface area (Å²) in [7, 11) is 0. The maximum atomic E-state index is 4.44. The molecule has 1 unspecified atom stereocenters. The SMILES string of the molecule is CCC1CCCN1c1ncccc1Br. The largest absolute Gasteiger partial charge is 0.353 e. The molecule has 76 valence electrons. The molecule has 0 spiro atoms. The van der Waals surface area contributed by atoms with Crippen molar-refractivity contribution in [3.63, 3.8) is 0 Å². The van der Waals surface area contributed by atoms with Crippen LogP contribution >= 0.6 is 15.9 Å². The Bertz CT molecular complexity index is 314. The van der Waals surface area contributed by atoms with E-state index in [9.17, 15) is 0 Å². The molecular weight excluding hydrogens is 240 g/mol. The molecule has 1 aliphatic heterocycles. The van der Waals surface area contributed by atoms with Crippen molar-refractivity contribution in [1.82, 2.24) is 4.98 Å². The summed E-state index contributed by atoms with van der Waals surface area (Å²) >= 11 is 3.56. The van der Waals surface area contributed by atoms with Crippen molar-refractivity contribution in [2.75, 3.05) is 11.4 Å². The third-order valence-corrected chi connectivity index (χ3v) is 3.48. The molecule has 1 aliphatic rings. The number of halogens is 1. The number of hydrogen-bond donors (Lipinski definition) is 0. The van der Waals surface area contributed by atoms with Crippen LogP contribution in [0, 0.1) is 0 Å². The quantitative estimate of drug-likeness (QED) is 0.806. The fraction of sp³-hybridized carbons (Fsp3) is 0.545. The van der Waals surface area contributed by atoms with E-state index >= 15 is 0 Å². The van der Waals surface area contributed by atoms with E-state index in [0.717, 1.165) is 16.8 Å². The first-order chi connectivity index (χ1) is 6.83. The Morgan fingerprint density at radius 1 is 1.64 bits per heavy atom. The monoisotopic (exact) mass is 254 g/mol. The number of anilines is 1. The summed E-state index contributed by atoms with van der Waals surface area (Å²) in [5, 5.41) is 0. The van der Waals surface area contributed by atoms with Gasteiger partial charge in [0.05, 0.1) is 4.47 Å². The first kappa shape index (κ1) is 9.97. The Balaban J connectivity index is 2.26. The maximum absolute atomic E-state index is 4.44. The smallest absolute Gasteiger partial charge is 0.143 e. The van der Waals surface area contributed by atoms with Crippen molar-refractivity contribution < 1.29 is 0 Å². The number of rotatable bonds is 2. The molecule has 1 aromatic rings. The van der Waals surface area contributed by atoms with Gasteiger partial charge in [-0.3, -0.25) is 0 Å². The Kier molecular flexibility index (Phi) is 3.06. The number of nitrogens with zero attached hydrogens (tertiary/aromatic N) is 2. The third-order valence-electron chi connectivity index (χ3n) is 2.86. The van der Waals surface area contributed by atoms with Crippen LogP contribution in [0.25, 0.3) is 0 Å². The summed E-state index contributed by atoms with van der Waals surface area (Å²) in [4.78, 5) is 6.86. The van der Waals surface area contributed by atoms with Gasteiger partial charge in [0, 0.05) is 18.8 Å². The number of pyridine rings is 1. The number of aromatic nitrogens is 1. The zero-order valence-electron chi connectivity index (χ0n) is 8.41. The van der Waals surface area contributed by atoms with Crippen LogP contribution in [0.3, 0.4) is 0 Å². The lowest BCUT2D eigenvalue weighted by Gasteiger charge is -2.25. The normalized spacial score (nSPS) is 21.6. The van der Waals surface area contributed by atoms with Crippen LogP contribution in [-0.4, -0.2) is 17.6 Å². The van der Waals surface area contributed by atoms with Gasteiger partial charge in [0.15, 0.2) is 0 Å². The number of hydrogen-bond acceptors (Lipinski definition) is 2. The lowest BCUT2D eigenvalue weighted by Crippen LogP contribution is -2.29. The van der Waals surface area contributed by atoms with Crippen LogP contribution < -0.4 is 4.90 Å². The molecule has 0 aliphatic carbocycles. The second kappa shape index (κ2) is 4.30. The molecule has 1 aromatic heterocycles. The minimum absolute atomic E-state index is 0.682. The first-order valence-corrected chi connectivity index (χ1v) is 5.99. The lowest BCUT2D eigenvalue weighted by atomic mass is 10.2. The predicted molar refractivity (Wildman–Crippen MR) is 62.6 cm³/mol. The van der Waals surface area contributed by atoms with E-state index in [-0.39, 0.29) is 0 Å². The Morgan fingerprint density at radius 3 is 3.21 bits per heavy atom. The van der Waals surface area contributed by atoms with Crippen molar-refractivity contribution in [3.05, 3.63) is 22.8 Å². The van der Waals surface area contributed by atoms with E-state index in [1.165, 1.54) is 19.3 Å². The van der Waals surface area contributed by atoms with Crippen LogP contribution in [0.15, 0.2) is 22.8 Å². The minimum atomic E-state index is 0.682.